The van der Waals surface area contributed by atoms with Gasteiger partial charge in [0, 0.05) is 58.6 Å². The molecule has 1 aromatic heterocycles. The number of ether oxygens (including phenoxy) is 1. The SMILES string of the molecule is c1[nH]c(N2CCCC2)c(N2CCNCC2)c1N1CCOCC1. The Balaban J connectivity index is 1.66. The summed E-state index contributed by atoms with van der Waals surface area (Å²) < 4.78 is 5.53. The topological polar surface area (TPSA) is 46.8 Å². The summed E-state index contributed by atoms with van der Waals surface area (Å²) in [6.45, 7) is 10.4. The van der Waals surface area contributed by atoms with Gasteiger partial charge in [-0.25, -0.2) is 0 Å². The van der Waals surface area contributed by atoms with Gasteiger partial charge >= 0.3 is 0 Å². The highest BCUT2D eigenvalue weighted by Crippen LogP contribution is 2.40. The lowest BCUT2D eigenvalue weighted by atomic mass is 10.2. The van der Waals surface area contributed by atoms with Crippen molar-refractivity contribution in [2.24, 2.45) is 0 Å². The summed E-state index contributed by atoms with van der Waals surface area (Å²) >= 11 is 0. The van der Waals surface area contributed by atoms with Crippen LogP contribution in [0, 0.1) is 0 Å². The first-order chi connectivity index (χ1) is 10.9. The molecule has 2 N–H and O–H groups in total. The maximum Gasteiger partial charge on any atom is 0.132 e. The predicted octanol–water partition coefficient (Wildman–Crippen LogP) is 0.861. The molecule has 4 rings (SSSR count). The van der Waals surface area contributed by atoms with Crippen molar-refractivity contribution in [1.29, 1.82) is 0 Å². The van der Waals surface area contributed by atoms with Crippen LogP contribution in [0.5, 0.6) is 0 Å². The number of piperazine rings is 1. The van der Waals surface area contributed by atoms with Gasteiger partial charge in [0.1, 0.15) is 11.5 Å². The van der Waals surface area contributed by atoms with Crippen LogP contribution in [-0.4, -0.2) is 70.6 Å². The molecule has 0 aliphatic carbocycles. The van der Waals surface area contributed by atoms with Crippen LogP contribution in [0.15, 0.2) is 6.20 Å². The lowest BCUT2D eigenvalue weighted by Crippen LogP contribution is -2.45. The summed E-state index contributed by atoms with van der Waals surface area (Å²) in [4.78, 5) is 11.2. The highest BCUT2D eigenvalue weighted by atomic mass is 16.5. The largest absolute Gasteiger partial charge is 0.378 e. The van der Waals surface area contributed by atoms with Crippen LogP contribution in [-0.2, 0) is 4.74 Å². The van der Waals surface area contributed by atoms with Crippen molar-refractivity contribution >= 4 is 17.2 Å². The molecule has 0 amide bonds. The minimum absolute atomic E-state index is 0.839. The van der Waals surface area contributed by atoms with E-state index in [0.717, 1.165) is 52.5 Å². The van der Waals surface area contributed by atoms with E-state index in [1.165, 1.54) is 43.1 Å². The molecule has 3 aliphatic heterocycles. The number of morpholine rings is 1. The Morgan fingerprint density at radius 3 is 2.27 bits per heavy atom. The average molecular weight is 305 g/mol. The second-order valence-corrected chi connectivity index (χ2v) is 6.40. The quantitative estimate of drug-likeness (QED) is 0.867. The van der Waals surface area contributed by atoms with E-state index < -0.39 is 0 Å². The van der Waals surface area contributed by atoms with Gasteiger partial charge in [-0.3, -0.25) is 0 Å². The minimum atomic E-state index is 0.839. The molecule has 3 saturated heterocycles. The van der Waals surface area contributed by atoms with Crippen LogP contribution >= 0.6 is 0 Å². The van der Waals surface area contributed by atoms with Crippen LogP contribution in [0.3, 0.4) is 0 Å². The van der Waals surface area contributed by atoms with Crippen molar-refractivity contribution < 1.29 is 4.74 Å². The Hall–Kier alpha value is -1.40. The van der Waals surface area contributed by atoms with Gasteiger partial charge in [0.05, 0.1) is 18.9 Å². The molecule has 22 heavy (non-hydrogen) atoms. The molecule has 3 aliphatic rings. The molecule has 3 fully saturated rings. The van der Waals surface area contributed by atoms with Crippen LogP contribution in [0.2, 0.25) is 0 Å². The highest BCUT2D eigenvalue weighted by Gasteiger charge is 2.27. The number of aromatic nitrogens is 1. The number of H-pyrrole nitrogens is 1. The molecule has 0 saturated carbocycles. The molecule has 6 heteroatoms. The number of nitrogens with zero attached hydrogens (tertiary/aromatic N) is 3. The van der Waals surface area contributed by atoms with Crippen LogP contribution in [0.4, 0.5) is 17.2 Å². The zero-order valence-corrected chi connectivity index (χ0v) is 13.3. The standard InChI is InChI=1S/C16H27N5O/c1-2-6-21(5-1)16-15(20-7-3-17-4-8-20)14(13-18-16)19-9-11-22-12-10-19/h13,17-18H,1-12H2. The Labute approximate surface area is 132 Å². The van der Waals surface area contributed by atoms with E-state index in [1.807, 2.05) is 0 Å². The third-order valence-corrected chi connectivity index (χ3v) is 5.02. The summed E-state index contributed by atoms with van der Waals surface area (Å²) in [6, 6.07) is 0. The number of aromatic amines is 1. The summed E-state index contributed by atoms with van der Waals surface area (Å²) in [5, 5.41) is 3.47. The highest BCUT2D eigenvalue weighted by molar-refractivity contribution is 5.84. The second kappa shape index (κ2) is 6.38. The first-order valence-corrected chi connectivity index (χ1v) is 8.68. The van der Waals surface area contributed by atoms with E-state index in [9.17, 15) is 0 Å². The number of rotatable bonds is 3. The lowest BCUT2D eigenvalue weighted by molar-refractivity contribution is 0.122. The van der Waals surface area contributed by atoms with Crippen molar-refractivity contribution in [2.75, 3.05) is 80.3 Å². The molecular formula is C16H27N5O. The van der Waals surface area contributed by atoms with Crippen molar-refractivity contribution in [3.8, 4) is 0 Å². The maximum absolute atomic E-state index is 5.53. The summed E-state index contributed by atoms with van der Waals surface area (Å²) in [5.41, 5.74) is 2.79. The van der Waals surface area contributed by atoms with Crippen LogP contribution < -0.4 is 20.0 Å². The molecule has 0 radical (unpaired) electrons. The van der Waals surface area contributed by atoms with Gasteiger partial charge < -0.3 is 29.7 Å². The van der Waals surface area contributed by atoms with E-state index in [1.54, 1.807) is 0 Å². The first kappa shape index (κ1) is 14.2. The molecule has 4 heterocycles. The van der Waals surface area contributed by atoms with Gasteiger partial charge in [0.2, 0.25) is 0 Å². The zero-order chi connectivity index (χ0) is 14.8. The molecule has 6 nitrogen and oxygen atoms in total. The number of anilines is 3. The van der Waals surface area contributed by atoms with Crippen molar-refractivity contribution in [2.45, 2.75) is 12.8 Å². The van der Waals surface area contributed by atoms with Crippen molar-refractivity contribution in [1.82, 2.24) is 10.3 Å². The molecule has 0 spiro atoms. The normalized spacial score (nSPS) is 23.4. The molecule has 0 atom stereocenters. The van der Waals surface area contributed by atoms with E-state index in [4.69, 9.17) is 4.74 Å². The van der Waals surface area contributed by atoms with E-state index in [0.29, 0.717) is 0 Å². The van der Waals surface area contributed by atoms with Gasteiger partial charge in [0.25, 0.3) is 0 Å². The molecule has 122 valence electrons. The molecule has 0 unspecified atom stereocenters. The monoisotopic (exact) mass is 305 g/mol. The third-order valence-electron chi connectivity index (χ3n) is 5.02. The second-order valence-electron chi connectivity index (χ2n) is 6.40. The summed E-state index contributed by atoms with van der Waals surface area (Å²) in [6.07, 6.45) is 4.84. The van der Waals surface area contributed by atoms with Gasteiger partial charge in [0.15, 0.2) is 0 Å². The molecule has 0 bridgehead atoms. The Kier molecular flexibility index (Phi) is 4.12. The smallest absolute Gasteiger partial charge is 0.132 e. The summed E-state index contributed by atoms with van der Waals surface area (Å²) in [7, 11) is 0. The van der Waals surface area contributed by atoms with Gasteiger partial charge in [-0.1, -0.05) is 0 Å². The maximum atomic E-state index is 5.53. The predicted molar refractivity (Wildman–Crippen MR) is 90.4 cm³/mol. The van der Waals surface area contributed by atoms with E-state index in [-0.39, 0.29) is 0 Å². The molecular weight excluding hydrogens is 278 g/mol. The Morgan fingerprint density at radius 2 is 1.55 bits per heavy atom. The van der Waals surface area contributed by atoms with Crippen LogP contribution in [0.25, 0.3) is 0 Å². The lowest BCUT2D eigenvalue weighted by Gasteiger charge is -2.35. The molecule has 1 aromatic rings. The van der Waals surface area contributed by atoms with Gasteiger partial charge in [-0.05, 0) is 12.8 Å². The van der Waals surface area contributed by atoms with Crippen molar-refractivity contribution in [3.05, 3.63) is 6.20 Å². The van der Waals surface area contributed by atoms with Crippen LogP contribution in [0.1, 0.15) is 12.8 Å². The number of nitrogens with one attached hydrogen (secondary N) is 2. The fourth-order valence-corrected chi connectivity index (χ4v) is 3.82. The number of hydrogen-bond donors (Lipinski definition) is 2. The number of hydrogen-bond acceptors (Lipinski definition) is 5. The molecule has 0 aromatic carbocycles. The van der Waals surface area contributed by atoms with Gasteiger partial charge in [-0.2, -0.15) is 0 Å². The summed E-state index contributed by atoms with van der Waals surface area (Å²) in [5.74, 6) is 1.33. The average Bonchev–Trinajstić information content (AvgIpc) is 3.25. The van der Waals surface area contributed by atoms with E-state index in [2.05, 4.69) is 31.2 Å². The zero-order valence-electron chi connectivity index (χ0n) is 13.3. The van der Waals surface area contributed by atoms with Crippen molar-refractivity contribution in [3.63, 3.8) is 0 Å². The fraction of sp³-hybridized carbons (Fsp3) is 0.750. The fourth-order valence-electron chi connectivity index (χ4n) is 3.82. The van der Waals surface area contributed by atoms with Gasteiger partial charge in [-0.15, -0.1) is 0 Å². The van der Waals surface area contributed by atoms with E-state index >= 15 is 0 Å². The first-order valence-electron chi connectivity index (χ1n) is 8.68. The third kappa shape index (κ3) is 2.65. The Bertz CT molecular complexity index is 485. The Morgan fingerprint density at radius 1 is 0.818 bits per heavy atom. The minimum Gasteiger partial charge on any atom is -0.378 e.